The van der Waals surface area contributed by atoms with Gasteiger partial charge in [0, 0.05) is 24.7 Å². The fourth-order valence-corrected chi connectivity index (χ4v) is 1.80. The van der Waals surface area contributed by atoms with Gasteiger partial charge in [-0.1, -0.05) is 31.2 Å². The Labute approximate surface area is 95.7 Å². The molecule has 0 atom stereocenters. The highest BCUT2D eigenvalue weighted by Gasteiger charge is 2.04. The summed E-state index contributed by atoms with van der Waals surface area (Å²) in [6.07, 6.45) is 2.95. The molecule has 1 heterocycles. The van der Waals surface area contributed by atoms with Crippen LogP contribution in [0.25, 0.3) is 10.8 Å². The molecule has 3 heteroatoms. The molecule has 0 fully saturated rings. The lowest BCUT2D eigenvalue weighted by atomic mass is 10.1. The van der Waals surface area contributed by atoms with E-state index in [1.54, 1.807) is 0 Å². The third-order valence-corrected chi connectivity index (χ3v) is 2.64. The zero-order valence-electron chi connectivity index (χ0n) is 9.53. The Morgan fingerprint density at radius 3 is 2.69 bits per heavy atom. The van der Waals surface area contributed by atoms with Crippen molar-refractivity contribution in [2.75, 3.05) is 11.9 Å². The molecule has 3 N–H and O–H groups in total. The topological polar surface area (TPSA) is 50.9 Å². The average Bonchev–Trinajstić information content (AvgIpc) is 2.36. The van der Waals surface area contributed by atoms with Crippen LogP contribution in [0.3, 0.4) is 0 Å². The molecule has 0 bridgehead atoms. The van der Waals surface area contributed by atoms with Crippen molar-refractivity contribution < 1.29 is 0 Å². The summed E-state index contributed by atoms with van der Waals surface area (Å²) in [6.45, 7) is 3.62. The molecular formula is C13H17N3. The molecule has 0 spiro atoms. The SMILES string of the molecule is CCCNc1ncc(CN)c2ccccc12. The van der Waals surface area contributed by atoms with Crippen molar-refractivity contribution >= 4 is 16.6 Å². The summed E-state index contributed by atoms with van der Waals surface area (Å²) in [6, 6.07) is 8.24. The van der Waals surface area contributed by atoms with E-state index in [0.717, 1.165) is 29.7 Å². The van der Waals surface area contributed by atoms with Crippen LogP contribution in [0.15, 0.2) is 30.5 Å². The van der Waals surface area contributed by atoms with E-state index in [1.807, 2.05) is 18.3 Å². The smallest absolute Gasteiger partial charge is 0.133 e. The third kappa shape index (κ3) is 1.99. The molecule has 0 unspecified atom stereocenters. The van der Waals surface area contributed by atoms with Crippen molar-refractivity contribution in [3.63, 3.8) is 0 Å². The van der Waals surface area contributed by atoms with Crippen LogP contribution >= 0.6 is 0 Å². The van der Waals surface area contributed by atoms with Crippen LogP contribution in [-0.4, -0.2) is 11.5 Å². The molecule has 0 saturated heterocycles. The van der Waals surface area contributed by atoms with Crippen LogP contribution in [0.5, 0.6) is 0 Å². The second kappa shape index (κ2) is 4.94. The van der Waals surface area contributed by atoms with Gasteiger partial charge in [0.2, 0.25) is 0 Å². The first-order valence-electron chi connectivity index (χ1n) is 5.67. The fourth-order valence-electron chi connectivity index (χ4n) is 1.80. The fraction of sp³-hybridized carbons (Fsp3) is 0.308. The predicted molar refractivity (Wildman–Crippen MR) is 68.4 cm³/mol. The minimum atomic E-state index is 0.529. The van der Waals surface area contributed by atoms with E-state index in [2.05, 4.69) is 29.4 Å². The van der Waals surface area contributed by atoms with Crippen molar-refractivity contribution in [1.29, 1.82) is 0 Å². The van der Waals surface area contributed by atoms with E-state index in [1.165, 1.54) is 5.39 Å². The number of fused-ring (bicyclic) bond motifs is 1. The van der Waals surface area contributed by atoms with Crippen molar-refractivity contribution in [3.05, 3.63) is 36.0 Å². The number of hydrogen-bond acceptors (Lipinski definition) is 3. The lowest BCUT2D eigenvalue weighted by Gasteiger charge is -2.10. The van der Waals surface area contributed by atoms with E-state index < -0.39 is 0 Å². The van der Waals surface area contributed by atoms with Gasteiger partial charge in [-0.2, -0.15) is 0 Å². The first kappa shape index (κ1) is 10.9. The maximum atomic E-state index is 5.71. The van der Waals surface area contributed by atoms with Crippen molar-refractivity contribution in [2.45, 2.75) is 19.9 Å². The number of aromatic nitrogens is 1. The Hall–Kier alpha value is -1.61. The van der Waals surface area contributed by atoms with Crippen molar-refractivity contribution in [1.82, 2.24) is 4.98 Å². The summed E-state index contributed by atoms with van der Waals surface area (Å²) in [7, 11) is 0. The number of anilines is 1. The molecule has 2 rings (SSSR count). The molecule has 16 heavy (non-hydrogen) atoms. The van der Waals surface area contributed by atoms with Crippen LogP contribution in [0.4, 0.5) is 5.82 Å². The van der Waals surface area contributed by atoms with Crippen LogP contribution < -0.4 is 11.1 Å². The second-order valence-corrected chi connectivity index (χ2v) is 3.81. The molecule has 0 saturated carbocycles. The van der Waals surface area contributed by atoms with Gasteiger partial charge >= 0.3 is 0 Å². The molecule has 84 valence electrons. The van der Waals surface area contributed by atoms with E-state index in [0.29, 0.717) is 6.54 Å². The highest BCUT2D eigenvalue weighted by molar-refractivity contribution is 5.93. The van der Waals surface area contributed by atoms with Gasteiger partial charge in [-0.3, -0.25) is 0 Å². The Morgan fingerprint density at radius 1 is 1.25 bits per heavy atom. The van der Waals surface area contributed by atoms with Crippen LogP contribution in [0.1, 0.15) is 18.9 Å². The molecule has 0 aliphatic heterocycles. The monoisotopic (exact) mass is 215 g/mol. The Kier molecular flexibility index (Phi) is 3.37. The Balaban J connectivity index is 2.51. The van der Waals surface area contributed by atoms with Gasteiger partial charge in [0.15, 0.2) is 0 Å². The highest BCUT2D eigenvalue weighted by atomic mass is 15.0. The molecule has 0 aliphatic rings. The number of nitrogens with one attached hydrogen (secondary N) is 1. The van der Waals surface area contributed by atoms with Gasteiger partial charge in [0.05, 0.1) is 0 Å². The number of pyridine rings is 1. The van der Waals surface area contributed by atoms with Gasteiger partial charge in [-0.25, -0.2) is 4.98 Å². The molecule has 0 amide bonds. The van der Waals surface area contributed by atoms with E-state index >= 15 is 0 Å². The number of rotatable bonds is 4. The molecule has 1 aromatic heterocycles. The summed E-state index contributed by atoms with van der Waals surface area (Å²) in [5.74, 6) is 0.953. The Morgan fingerprint density at radius 2 is 2.00 bits per heavy atom. The van der Waals surface area contributed by atoms with Crippen molar-refractivity contribution in [2.24, 2.45) is 5.73 Å². The zero-order valence-corrected chi connectivity index (χ0v) is 9.53. The van der Waals surface area contributed by atoms with E-state index in [-0.39, 0.29) is 0 Å². The molecule has 1 aromatic carbocycles. The van der Waals surface area contributed by atoms with E-state index in [4.69, 9.17) is 5.73 Å². The van der Waals surface area contributed by atoms with Crippen LogP contribution in [0, 0.1) is 0 Å². The molecular weight excluding hydrogens is 198 g/mol. The maximum Gasteiger partial charge on any atom is 0.133 e. The first-order valence-corrected chi connectivity index (χ1v) is 5.67. The predicted octanol–water partition coefficient (Wildman–Crippen LogP) is 2.52. The molecule has 2 aromatic rings. The normalized spacial score (nSPS) is 10.6. The minimum absolute atomic E-state index is 0.529. The van der Waals surface area contributed by atoms with Gasteiger partial charge in [-0.05, 0) is 17.4 Å². The standard InChI is InChI=1S/C13H17N3/c1-2-7-15-13-12-6-4-3-5-11(12)10(8-14)9-16-13/h3-6,9H,2,7-8,14H2,1H3,(H,15,16). The van der Waals surface area contributed by atoms with Gasteiger partial charge in [-0.15, -0.1) is 0 Å². The maximum absolute atomic E-state index is 5.71. The molecule has 0 radical (unpaired) electrons. The summed E-state index contributed by atoms with van der Waals surface area (Å²) in [4.78, 5) is 4.42. The number of benzene rings is 1. The van der Waals surface area contributed by atoms with Gasteiger partial charge in [0.1, 0.15) is 5.82 Å². The van der Waals surface area contributed by atoms with E-state index in [9.17, 15) is 0 Å². The van der Waals surface area contributed by atoms with Gasteiger partial charge < -0.3 is 11.1 Å². The summed E-state index contributed by atoms with van der Waals surface area (Å²) < 4.78 is 0. The largest absolute Gasteiger partial charge is 0.370 e. The summed E-state index contributed by atoms with van der Waals surface area (Å²) in [5, 5.41) is 5.68. The quantitative estimate of drug-likeness (QED) is 0.824. The lowest BCUT2D eigenvalue weighted by Crippen LogP contribution is -2.05. The summed E-state index contributed by atoms with van der Waals surface area (Å²) >= 11 is 0. The highest BCUT2D eigenvalue weighted by Crippen LogP contribution is 2.23. The van der Waals surface area contributed by atoms with Gasteiger partial charge in [0.25, 0.3) is 0 Å². The molecule has 0 aliphatic carbocycles. The van der Waals surface area contributed by atoms with Crippen molar-refractivity contribution in [3.8, 4) is 0 Å². The lowest BCUT2D eigenvalue weighted by molar-refractivity contribution is 0.969. The first-order chi connectivity index (χ1) is 7.86. The second-order valence-electron chi connectivity index (χ2n) is 3.81. The zero-order chi connectivity index (χ0) is 11.4. The Bertz CT molecular complexity index is 480. The van der Waals surface area contributed by atoms with Crippen LogP contribution in [0.2, 0.25) is 0 Å². The minimum Gasteiger partial charge on any atom is -0.370 e. The van der Waals surface area contributed by atoms with Crippen LogP contribution in [-0.2, 0) is 6.54 Å². The molecule has 3 nitrogen and oxygen atoms in total. The average molecular weight is 215 g/mol. The number of hydrogen-bond donors (Lipinski definition) is 2. The summed E-state index contributed by atoms with van der Waals surface area (Å²) in [5.41, 5.74) is 6.80. The third-order valence-electron chi connectivity index (χ3n) is 2.64. The number of nitrogens with two attached hydrogens (primary N) is 1. The number of nitrogens with zero attached hydrogens (tertiary/aromatic N) is 1.